The Hall–Kier alpha value is -1.81. The second-order valence-corrected chi connectivity index (χ2v) is 14.3. The summed E-state index contributed by atoms with van der Waals surface area (Å²) in [6.45, 7) is 14.4. The topological polar surface area (TPSA) is 0 Å². The Morgan fingerprint density at radius 3 is 1.00 bits per heavy atom. The van der Waals surface area contributed by atoms with Crippen LogP contribution in [0.25, 0.3) is 0 Å². The number of hydrogen-bond donors (Lipinski definition) is 0. The van der Waals surface area contributed by atoms with Gasteiger partial charge in [0.05, 0.1) is 0 Å². The molecule has 3 rings (SSSR count). The molecule has 0 aliphatic carbocycles. The van der Waals surface area contributed by atoms with Gasteiger partial charge in [-0.3, -0.25) is 0 Å². The van der Waals surface area contributed by atoms with E-state index in [1.54, 1.807) is 0 Å². The zero-order valence-corrected chi connectivity index (χ0v) is 21.5. The van der Waals surface area contributed by atoms with Gasteiger partial charge < -0.3 is 0 Å². The molecule has 0 fully saturated rings. The first kappa shape index (κ1) is 23.8. The molecule has 0 nitrogen and oxygen atoms in total. The Labute approximate surface area is 195 Å². The van der Waals surface area contributed by atoms with Crippen LogP contribution < -0.4 is 0 Å². The van der Waals surface area contributed by atoms with Crippen LogP contribution in [0.1, 0.15) is 54.2 Å². The van der Waals surface area contributed by atoms with Gasteiger partial charge in [-0.1, -0.05) is 0 Å². The van der Waals surface area contributed by atoms with Crippen molar-refractivity contribution in [3.05, 3.63) is 106 Å². The SMILES string of the molecule is Cc1ccccc1C[CH](C)[Cr]([CH](C)Cc1ccccc1C)[CH](C)Cc1ccccc1C. The summed E-state index contributed by atoms with van der Waals surface area (Å²) in [6.07, 6.45) is 3.65. The fraction of sp³-hybridized carbons (Fsp3) is 0.400. The van der Waals surface area contributed by atoms with Crippen molar-refractivity contribution in [2.24, 2.45) is 0 Å². The summed E-state index contributed by atoms with van der Waals surface area (Å²) in [6, 6.07) is 26.9. The van der Waals surface area contributed by atoms with Crippen LogP contribution >= 0.6 is 0 Å². The Morgan fingerprint density at radius 2 is 0.742 bits per heavy atom. The maximum absolute atomic E-state index is 2.54. The van der Waals surface area contributed by atoms with Crippen LogP contribution in [0.15, 0.2) is 72.8 Å². The molecular formula is C30H39Cr. The van der Waals surface area contributed by atoms with Crippen molar-refractivity contribution in [3.8, 4) is 0 Å². The molecule has 0 saturated heterocycles. The minimum absolute atomic E-state index is 0.763. The van der Waals surface area contributed by atoms with E-state index in [4.69, 9.17) is 0 Å². The van der Waals surface area contributed by atoms with Crippen molar-refractivity contribution < 1.29 is 14.1 Å². The zero-order chi connectivity index (χ0) is 22.4. The zero-order valence-electron chi connectivity index (χ0n) is 20.2. The van der Waals surface area contributed by atoms with E-state index in [1.807, 2.05) is 0 Å². The molecule has 3 aromatic rings. The molecule has 0 heterocycles. The Bertz CT molecular complexity index is 846. The second kappa shape index (κ2) is 11.2. The quantitative estimate of drug-likeness (QED) is 0.305. The maximum atomic E-state index is 2.54. The van der Waals surface area contributed by atoms with Crippen molar-refractivity contribution in [2.75, 3.05) is 0 Å². The van der Waals surface area contributed by atoms with E-state index in [1.165, 1.54) is 52.6 Å². The predicted molar refractivity (Wildman–Crippen MR) is 133 cm³/mol. The summed E-state index contributed by atoms with van der Waals surface area (Å²) >= 11 is -0.912. The van der Waals surface area contributed by atoms with Gasteiger partial charge in [0.2, 0.25) is 0 Å². The molecule has 3 aromatic carbocycles. The molecule has 0 aliphatic rings. The average Bonchev–Trinajstić information content (AvgIpc) is 2.73. The van der Waals surface area contributed by atoms with Gasteiger partial charge in [0.1, 0.15) is 0 Å². The van der Waals surface area contributed by atoms with Crippen molar-refractivity contribution in [1.82, 2.24) is 0 Å². The molecule has 0 aromatic heterocycles. The van der Waals surface area contributed by atoms with Gasteiger partial charge in [0.25, 0.3) is 0 Å². The molecule has 0 bridgehead atoms. The minimum atomic E-state index is -0.912. The summed E-state index contributed by atoms with van der Waals surface area (Å²) in [4.78, 5) is 0. The van der Waals surface area contributed by atoms with E-state index in [-0.39, 0.29) is 0 Å². The van der Waals surface area contributed by atoms with Crippen molar-refractivity contribution in [2.45, 2.75) is 75.1 Å². The van der Waals surface area contributed by atoms with Gasteiger partial charge in [-0.05, 0) is 0 Å². The Morgan fingerprint density at radius 1 is 0.484 bits per heavy atom. The van der Waals surface area contributed by atoms with E-state index in [2.05, 4.69) is 114 Å². The fourth-order valence-electron chi connectivity index (χ4n) is 4.92. The van der Waals surface area contributed by atoms with Crippen LogP contribution in [-0.2, 0) is 33.4 Å². The average molecular weight is 452 g/mol. The fourth-order valence-corrected chi connectivity index (χ4v) is 10.4. The molecule has 0 N–H and O–H groups in total. The monoisotopic (exact) mass is 451 g/mol. The van der Waals surface area contributed by atoms with Gasteiger partial charge in [-0.15, -0.1) is 0 Å². The molecule has 0 amide bonds. The Balaban J connectivity index is 1.85. The molecule has 0 radical (unpaired) electrons. The third-order valence-electron chi connectivity index (χ3n) is 6.70. The normalized spacial score (nSPS) is 14.4. The summed E-state index contributed by atoms with van der Waals surface area (Å²) in [5.74, 6) is 0. The molecular weight excluding hydrogens is 412 g/mol. The van der Waals surface area contributed by atoms with Crippen LogP contribution in [0.5, 0.6) is 0 Å². The summed E-state index contributed by atoms with van der Waals surface area (Å²) in [5, 5.41) is 0. The summed E-state index contributed by atoms with van der Waals surface area (Å²) < 4.78 is 2.29. The molecule has 31 heavy (non-hydrogen) atoms. The van der Waals surface area contributed by atoms with Crippen molar-refractivity contribution >= 4 is 0 Å². The molecule has 0 aliphatic heterocycles. The van der Waals surface area contributed by atoms with Gasteiger partial charge in [0.15, 0.2) is 0 Å². The predicted octanol–water partition coefficient (Wildman–Crippen LogP) is 8.68. The third-order valence-corrected chi connectivity index (χ3v) is 11.8. The number of hydrogen-bond acceptors (Lipinski definition) is 0. The second-order valence-electron chi connectivity index (χ2n) is 9.23. The van der Waals surface area contributed by atoms with Crippen LogP contribution in [-0.4, -0.2) is 0 Å². The number of aryl methyl sites for hydroxylation is 3. The molecule has 3 unspecified atom stereocenters. The van der Waals surface area contributed by atoms with E-state index < -0.39 is 14.1 Å². The Kier molecular flexibility index (Phi) is 8.60. The molecule has 1 heteroatoms. The number of benzene rings is 3. The van der Waals surface area contributed by atoms with Crippen LogP contribution in [0.2, 0.25) is 14.3 Å². The molecule has 3 atom stereocenters. The van der Waals surface area contributed by atoms with E-state index in [9.17, 15) is 0 Å². The van der Waals surface area contributed by atoms with Crippen LogP contribution in [0.4, 0.5) is 0 Å². The van der Waals surface area contributed by atoms with E-state index in [0.717, 1.165) is 14.3 Å². The van der Waals surface area contributed by atoms with Crippen LogP contribution in [0, 0.1) is 20.8 Å². The van der Waals surface area contributed by atoms with Gasteiger partial charge >= 0.3 is 195 Å². The number of rotatable bonds is 9. The van der Waals surface area contributed by atoms with Gasteiger partial charge in [-0.25, -0.2) is 0 Å². The van der Waals surface area contributed by atoms with E-state index in [0.29, 0.717) is 0 Å². The first-order valence-corrected chi connectivity index (χ1v) is 13.9. The summed E-state index contributed by atoms with van der Waals surface area (Å²) in [5.41, 5.74) is 8.94. The first-order chi connectivity index (χ1) is 14.9. The molecule has 0 saturated carbocycles. The van der Waals surface area contributed by atoms with Gasteiger partial charge in [-0.2, -0.15) is 0 Å². The van der Waals surface area contributed by atoms with Crippen LogP contribution in [0.3, 0.4) is 0 Å². The third kappa shape index (κ3) is 6.35. The molecule has 0 spiro atoms. The molecule has 165 valence electrons. The standard InChI is InChI=1S/3C10H13.Cr/c3*1-3-6-10-8-5-4-7-9(10)2;/h3*3-5,7-8H,6H2,1-2H3;. The first-order valence-electron chi connectivity index (χ1n) is 11.7. The van der Waals surface area contributed by atoms with Crippen molar-refractivity contribution in [1.29, 1.82) is 0 Å². The van der Waals surface area contributed by atoms with Gasteiger partial charge in [0, 0.05) is 0 Å². The van der Waals surface area contributed by atoms with Crippen molar-refractivity contribution in [3.63, 3.8) is 0 Å². The summed E-state index contributed by atoms with van der Waals surface area (Å²) in [7, 11) is 0. The van der Waals surface area contributed by atoms with E-state index >= 15 is 0 Å².